The highest BCUT2D eigenvalue weighted by Crippen LogP contribution is 2.66. The number of aryl methyl sites for hydroxylation is 2. The average Bonchev–Trinajstić information content (AvgIpc) is 3.16. The molecule has 0 radical (unpaired) electrons. The molecule has 36 heavy (non-hydrogen) atoms. The van der Waals surface area contributed by atoms with Crippen molar-refractivity contribution in [2.75, 3.05) is 0 Å². The smallest absolute Gasteiger partial charge is 0.0546 e. The summed E-state index contributed by atoms with van der Waals surface area (Å²) in [4.78, 5) is 0. The highest BCUT2D eigenvalue weighted by Gasteiger charge is 2.59. The zero-order valence-corrected chi connectivity index (χ0v) is 22.9. The van der Waals surface area contributed by atoms with Crippen LogP contribution in [0.15, 0.2) is 106 Å². The molecule has 0 saturated heterocycles. The van der Waals surface area contributed by atoms with Crippen molar-refractivity contribution in [3.63, 3.8) is 0 Å². The van der Waals surface area contributed by atoms with Gasteiger partial charge < -0.3 is 0 Å². The highest BCUT2D eigenvalue weighted by atomic mass is 14.6. The molecule has 0 aromatic heterocycles. The molecular weight excluding hydrogens is 432 g/mol. The predicted molar refractivity (Wildman–Crippen MR) is 155 cm³/mol. The fourth-order valence-corrected chi connectivity index (χ4v) is 5.84. The summed E-state index contributed by atoms with van der Waals surface area (Å²) in [5, 5.41) is 0. The predicted octanol–water partition coefficient (Wildman–Crippen LogP) is 9.77. The maximum absolute atomic E-state index is 4.11. The van der Waals surface area contributed by atoms with E-state index in [0.717, 1.165) is 12.8 Å². The SMILES string of the molecule is CCC(C)CC(=C=C1C(=C2C3=CC=C2C=C3)C1(CC(C)CC)c1ccc(C)cc1)c1ccc(C)cc1. The number of hydrogen-bond acceptors (Lipinski definition) is 0. The van der Waals surface area contributed by atoms with E-state index in [1.165, 1.54) is 68.5 Å². The number of rotatable bonds is 8. The van der Waals surface area contributed by atoms with Crippen molar-refractivity contribution in [3.05, 3.63) is 129 Å². The molecule has 3 aliphatic carbocycles. The first-order chi connectivity index (χ1) is 17.4. The van der Waals surface area contributed by atoms with E-state index >= 15 is 0 Å². The molecule has 1 saturated carbocycles. The Hall–Kier alpha value is -3.08. The molecule has 1 fully saturated rings. The quantitative estimate of drug-likeness (QED) is 0.335. The maximum atomic E-state index is 4.11. The van der Waals surface area contributed by atoms with Crippen LogP contribution in [0.2, 0.25) is 0 Å². The first-order valence-corrected chi connectivity index (χ1v) is 13.9. The van der Waals surface area contributed by atoms with Gasteiger partial charge in [0.05, 0.1) is 5.41 Å². The Bertz CT molecular complexity index is 1320. The van der Waals surface area contributed by atoms with Crippen LogP contribution in [-0.4, -0.2) is 0 Å². The van der Waals surface area contributed by atoms with E-state index < -0.39 is 0 Å². The standard InChI is InChI=1S/C36H40/c1-7-24(3)21-31(28-13-9-26(5)10-14-28)22-33-35(34-29-15-16-30(34)18-17-29)36(33,23-25(4)8-2)32-19-11-27(6)12-20-32/h9-20,24-25H,7-8,21,23H2,1-6H3. The lowest BCUT2D eigenvalue weighted by molar-refractivity contribution is 0.466. The summed E-state index contributed by atoms with van der Waals surface area (Å²) in [5.41, 5.74) is 17.9. The van der Waals surface area contributed by atoms with Crippen molar-refractivity contribution in [2.24, 2.45) is 11.8 Å². The minimum absolute atomic E-state index is 0.0571. The normalized spacial score (nSPS) is 21.3. The summed E-state index contributed by atoms with van der Waals surface area (Å²) >= 11 is 0. The van der Waals surface area contributed by atoms with Gasteiger partial charge in [0.25, 0.3) is 0 Å². The summed E-state index contributed by atoms with van der Waals surface area (Å²) in [6.45, 7) is 13.8. The van der Waals surface area contributed by atoms with Crippen LogP contribution >= 0.6 is 0 Å². The second kappa shape index (κ2) is 9.76. The molecule has 3 unspecified atom stereocenters. The lowest BCUT2D eigenvalue weighted by Crippen LogP contribution is -2.13. The van der Waals surface area contributed by atoms with Gasteiger partial charge in [-0.3, -0.25) is 0 Å². The molecule has 2 aromatic carbocycles. The van der Waals surface area contributed by atoms with E-state index in [1.54, 1.807) is 0 Å². The molecule has 3 atom stereocenters. The second-order valence-corrected chi connectivity index (χ2v) is 11.4. The number of allylic oxidation sites excluding steroid dienone is 9. The molecule has 5 rings (SSSR count). The van der Waals surface area contributed by atoms with E-state index in [4.69, 9.17) is 0 Å². The molecule has 0 heterocycles. The fraction of sp³-hybridized carbons (Fsp3) is 0.361. The summed E-state index contributed by atoms with van der Waals surface area (Å²) in [6, 6.07) is 18.4. The molecule has 0 nitrogen and oxygen atoms in total. The van der Waals surface area contributed by atoms with Gasteiger partial charge in [-0.05, 0) is 71.9 Å². The van der Waals surface area contributed by atoms with E-state index in [2.05, 4.69) is 120 Å². The van der Waals surface area contributed by atoms with Gasteiger partial charge in [-0.2, -0.15) is 0 Å². The fourth-order valence-electron chi connectivity index (χ4n) is 5.84. The number of fused-ring (bicyclic) bond motifs is 2. The van der Waals surface area contributed by atoms with Gasteiger partial charge in [0.15, 0.2) is 0 Å². The van der Waals surface area contributed by atoms with Crippen molar-refractivity contribution in [2.45, 2.75) is 72.6 Å². The van der Waals surface area contributed by atoms with Crippen LogP contribution in [0.1, 0.15) is 75.6 Å². The van der Waals surface area contributed by atoms with Crippen LogP contribution < -0.4 is 0 Å². The van der Waals surface area contributed by atoms with Crippen LogP contribution in [0.3, 0.4) is 0 Å². The Kier molecular flexibility index (Phi) is 6.67. The van der Waals surface area contributed by atoms with Crippen molar-refractivity contribution in [3.8, 4) is 0 Å². The molecule has 0 amide bonds. The monoisotopic (exact) mass is 472 g/mol. The second-order valence-electron chi connectivity index (χ2n) is 11.4. The summed E-state index contributed by atoms with van der Waals surface area (Å²) in [6.07, 6.45) is 13.7. The third kappa shape index (κ3) is 4.33. The zero-order chi connectivity index (χ0) is 25.4. The van der Waals surface area contributed by atoms with E-state index in [0.29, 0.717) is 11.8 Å². The summed E-state index contributed by atoms with van der Waals surface area (Å²) in [7, 11) is 0. The van der Waals surface area contributed by atoms with Gasteiger partial charge in [-0.1, -0.05) is 124 Å². The molecule has 184 valence electrons. The lowest BCUT2D eigenvalue weighted by Gasteiger charge is -2.20. The van der Waals surface area contributed by atoms with Crippen molar-refractivity contribution < 1.29 is 0 Å². The van der Waals surface area contributed by atoms with Gasteiger partial charge in [0.1, 0.15) is 0 Å². The minimum Gasteiger partial charge on any atom is -0.112 e. The van der Waals surface area contributed by atoms with Crippen LogP contribution in [0.4, 0.5) is 0 Å². The third-order valence-corrected chi connectivity index (χ3v) is 8.57. The van der Waals surface area contributed by atoms with Gasteiger partial charge in [-0.15, -0.1) is 5.73 Å². The van der Waals surface area contributed by atoms with Crippen LogP contribution in [0.25, 0.3) is 5.57 Å². The van der Waals surface area contributed by atoms with Gasteiger partial charge in [0, 0.05) is 11.1 Å². The van der Waals surface area contributed by atoms with Crippen molar-refractivity contribution >= 4 is 5.57 Å². The van der Waals surface area contributed by atoms with E-state index in [1.807, 2.05) is 0 Å². The van der Waals surface area contributed by atoms with E-state index in [-0.39, 0.29) is 5.41 Å². The molecule has 0 heteroatoms. The summed E-state index contributed by atoms with van der Waals surface area (Å²) < 4.78 is 0. The molecular formula is C36H40. The Morgan fingerprint density at radius 1 is 0.778 bits per heavy atom. The Balaban J connectivity index is 1.79. The topological polar surface area (TPSA) is 0 Å². The molecule has 3 aliphatic rings. The highest BCUT2D eigenvalue weighted by molar-refractivity contribution is 5.85. The maximum Gasteiger partial charge on any atom is 0.0546 e. The number of hydrogen-bond donors (Lipinski definition) is 0. The first kappa shape index (κ1) is 24.6. The Labute approximate surface area is 218 Å². The molecule has 2 aromatic rings. The zero-order valence-electron chi connectivity index (χ0n) is 22.9. The first-order valence-electron chi connectivity index (χ1n) is 13.9. The third-order valence-electron chi connectivity index (χ3n) is 8.57. The largest absolute Gasteiger partial charge is 0.112 e. The Morgan fingerprint density at radius 2 is 1.33 bits per heavy atom. The molecule has 2 bridgehead atoms. The van der Waals surface area contributed by atoms with Gasteiger partial charge in [-0.25, -0.2) is 0 Å². The van der Waals surface area contributed by atoms with Crippen LogP contribution in [0.5, 0.6) is 0 Å². The molecule has 0 N–H and O–H groups in total. The summed E-state index contributed by atoms with van der Waals surface area (Å²) in [5.74, 6) is 1.26. The molecule has 0 spiro atoms. The van der Waals surface area contributed by atoms with Crippen molar-refractivity contribution in [1.29, 1.82) is 0 Å². The Morgan fingerprint density at radius 3 is 1.86 bits per heavy atom. The van der Waals surface area contributed by atoms with Gasteiger partial charge >= 0.3 is 0 Å². The number of benzene rings is 2. The minimum atomic E-state index is -0.0571. The van der Waals surface area contributed by atoms with E-state index in [9.17, 15) is 0 Å². The molecule has 0 aliphatic heterocycles. The lowest BCUT2D eigenvalue weighted by atomic mass is 9.82. The van der Waals surface area contributed by atoms with Crippen molar-refractivity contribution in [1.82, 2.24) is 0 Å². The van der Waals surface area contributed by atoms with Crippen LogP contribution in [-0.2, 0) is 5.41 Å². The van der Waals surface area contributed by atoms with Crippen LogP contribution in [0, 0.1) is 25.7 Å². The van der Waals surface area contributed by atoms with Gasteiger partial charge in [0.2, 0.25) is 0 Å². The average molecular weight is 473 g/mol.